The number of imidazole rings is 1. The van der Waals surface area contributed by atoms with E-state index >= 15 is 0 Å². The Labute approximate surface area is 211 Å². The molecule has 1 unspecified atom stereocenters. The number of fused-ring (bicyclic) bond motifs is 1. The van der Waals surface area contributed by atoms with Crippen LogP contribution in [-0.4, -0.2) is 36.9 Å². The summed E-state index contributed by atoms with van der Waals surface area (Å²) >= 11 is 0. The molecule has 2 heterocycles. The Kier molecular flexibility index (Phi) is 6.51. The predicted molar refractivity (Wildman–Crippen MR) is 143 cm³/mol. The van der Waals surface area contributed by atoms with Gasteiger partial charge in [-0.15, -0.1) is 0 Å². The standard InChI is InChI=1S/C27H30N6O2S/c1-33-24-12-11-21(32-36(34,35)25-5-3-2-4-22(25)20-14-15-30-17-20)16-23(24)31-26(33)13-8-18-6-9-19(10-7-18)27(28)29/h2-7,9-12,16,20,30,32H,8,13-15,17H2,1H3,(H3,28,29). The van der Waals surface area contributed by atoms with Crippen LogP contribution in [0, 0.1) is 5.41 Å². The van der Waals surface area contributed by atoms with Crippen LogP contribution in [0.2, 0.25) is 0 Å². The number of hydrogen-bond acceptors (Lipinski definition) is 5. The molecule has 1 aromatic heterocycles. The summed E-state index contributed by atoms with van der Waals surface area (Å²) in [7, 11) is -1.77. The van der Waals surface area contributed by atoms with Gasteiger partial charge in [0.05, 0.1) is 21.6 Å². The highest BCUT2D eigenvalue weighted by Crippen LogP contribution is 2.30. The van der Waals surface area contributed by atoms with Crippen molar-refractivity contribution < 1.29 is 8.42 Å². The summed E-state index contributed by atoms with van der Waals surface area (Å²) in [6.07, 6.45) is 2.45. The van der Waals surface area contributed by atoms with Gasteiger partial charge in [-0.1, -0.05) is 42.5 Å². The van der Waals surface area contributed by atoms with Gasteiger partial charge >= 0.3 is 0 Å². The van der Waals surface area contributed by atoms with E-state index in [1.54, 1.807) is 24.3 Å². The second kappa shape index (κ2) is 9.75. The summed E-state index contributed by atoms with van der Waals surface area (Å²) < 4.78 is 31.5. The fraction of sp³-hybridized carbons (Fsp3) is 0.259. The van der Waals surface area contributed by atoms with Crippen molar-refractivity contribution in [3.8, 4) is 0 Å². The summed E-state index contributed by atoms with van der Waals surface area (Å²) in [6, 6.07) is 20.4. The van der Waals surface area contributed by atoms with Gasteiger partial charge in [-0.05, 0) is 60.7 Å². The second-order valence-electron chi connectivity index (χ2n) is 9.23. The number of nitrogens with one attached hydrogen (secondary N) is 3. The van der Waals surface area contributed by atoms with Crippen LogP contribution in [0.3, 0.4) is 0 Å². The molecular formula is C27H30N6O2S. The van der Waals surface area contributed by atoms with E-state index in [-0.39, 0.29) is 11.8 Å². The molecule has 0 amide bonds. The fourth-order valence-electron chi connectivity index (χ4n) is 4.84. The quantitative estimate of drug-likeness (QED) is 0.217. The molecule has 0 saturated carbocycles. The topological polar surface area (TPSA) is 126 Å². The zero-order valence-electron chi connectivity index (χ0n) is 20.2. The zero-order valence-corrected chi connectivity index (χ0v) is 21.0. The van der Waals surface area contributed by atoms with Crippen LogP contribution in [0.1, 0.15) is 34.9 Å². The van der Waals surface area contributed by atoms with E-state index in [9.17, 15) is 8.42 Å². The largest absolute Gasteiger partial charge is 0.384 e. The van der Waals surface area contributed by atoms with Gasteiger partial charge in [0.1, 0.15) is 11.7 Å². The lowest BCUT2D eigenvalue weighted by atomic mass is 9.99. The molecule has 0 aliphatic carbocycles. The summed E-state index contributed by atoms with van der Waals surface area (Å²) in [4.78, 5) is 5.11. The van der Waals surface area contributed by atoms with Crippen LogP contribution < -0.4 is 15.8 Å². The molecule has 5 rings (SSSR count). The molecule has 1 aliphatic heterocycles. The van der Waals surface area contributed by atoms with Crippen LogP contribution >= 0.6 is 0 Å². The molecule has 0 spiro atoms. The molecule has 0 bridgehead atoms. The summed E-state index contributed by atoms with van der Waals surface area (Å²) in [6.45, 7) is 1.69. The minimum absolute atomic E-state index is 0.0577. The smallest absolute Gasteiger partial charge is 0.262 e. The van der Waals surface area contributed by atoms with Crippen LogP contribution in [0.25, 0.3) is 11.0 Å². The Bertz CT molecular complexity index is 1520. The highest BCUT2D eigenvalue weighted by molar-refractivity contribution is 7.92. The van der Waals surface area contributed by atoms with Crippen LogP contribution in [0.15, 0.2) is 71.6 Å². The number of nitrogens with zero attached hydrogens (tertiary/aromatic N) is 2. The number of sulfonamides is 1. The van der Waals surface area contributed by atoms with Gasteiger partial charge in [-0.2, -0.15) is 0 Å². The number of hydrogen-bond donors (Lipinski definition) is 4. The van der Waals surface area contributed by atoms with Crippen LogP contribution in [0.4, 0.5) is 5.69 Å². The lowest BCUT2D eigenvalue weighted by Crippen LogP contribution is -2.17. The van der Waals surface area contributed by atoms with Gasteiger partial charge in [0.2, 0.25) is 0 Å². The molecule has 3 aromatic carbocycles. The van der Waals surface area contributed by atoms with E-state index in [0.717, 1.165) is 60.3 Å². The SMILES string of the molecule is Cn1c(CCc2ccc(C(=N)N)cc2)nc2cc(NS(=O)(=O)c3ccccc3C3CCNC3)ccc21. The van der Waals surface area contributed by atoms with Crippen molar-refractivity contribution in [2.75, 3.05) is 17.8 Å². The van der Waals surface area contributed by atoms with E-state index < -0.39 is 10.0 Å². The number of rotatable bonds is 8. The Morgan fingerprint density at radius 2 is 1.92 bits per heavy atom. The number of amidine groups is 1. The van der Waals surface area contributed by atoms with Crippen molar-refractivity contribution in [3.05, 3.63) is 89.2 Å². The molecule has 5 N–H and O–H groups in total. The van der Waals surface area contributed by atoms with E-state index in [1.807, 2.05) is 54.1 Å². The van der Waals surface area contributed by atoms with E-state index in [2.05, 4.69) is 10.0 Å². The molecule has 4 aromatic rings. The van der Waals surface area contributed by atoms with Gasteiger partial charge in [0.15, 0.2) is 0 Å². The third kappa shape index (κ3) is 4.84. The third-order valence-corrected chi connectivity index (χ3v) is 8.29. The van der Waals surface area contributed by atoms with E-state index in [0.29, 0.717) is 16.1 Å². The highest BCUT2D eigenvalue weighted by atomic mass is 32.2. The fourth-order valence-corrected chi connectivity index (χ4v) is 6.19. The molecule has 36 heavy (non-hydrogen) atoms. The van der Waals surface area contributed by atoms with Crippen molar-refractivity contribution >= 4 is 32.6 Å². The average Bonchev–Trinajstić information content (AvgIpc) is 3.51. The van der Waals surface area contributed by atoms with Gasteiger partial charge in [-0.3, -0.25) is 10.1 Å². The number of anilines is 1. The molecule has 1 atom stereocenters. The first-order valence-corrected chi connectivity index (χ1v) is 13.5. The molecule has 9 heteroatoms. The molecule has 186 valence electrons. The van der Waals surface area contributed by atoms with Crippen LogP contribution in [-0.2, 0) is 29.9 Å². The summed E-state index contributed by atoms with van der Waals surface area (Å²) in [5.74, 6) is 1.17. The normalized spacial score (nSPS) is 15.9. The second-order valence-corrected chi connectivity index (χ2v) is 10.9. The first-order chi connectivity index (χ1) is 17.3. The maximum Gasteiger partial charge on any atom is 0.262 e. The molecule has 8 nitrogen and oxygen atoms in total. The maximum absolute atomic E-state index is 13.3. The Balaban J connectivity index is 1.35. The minimum Gasteiger partial charge on any atom is -0.384 e. The number of nitrogens with two attached hydrogens (primary N) is 1. The van der Waals surface area contributed by atoms with Gasteiger partial charge in [0.25, 0.3) is 10.0 Å². The van der Waals surface area contributed by atoms with Crippen molar-refractivity contribution in [2.24, 2.45) is 12.8 Å². The van der Waals surface area contributed by atoms with E-state index in [1.165, 1.54) is 0 Å². The molecule has 0 radical (unpaired) electrons. The predicted octanol–water partition coefficient (Wildman–Crippen LogP) is 3.52. The summed E-state index contributed by atoms with van der Waals surface area (Å²) in [5, 5.41) is 10.8. The summed E-state index contributed by atoms with van der Waals surface area (Å²) in [5.41, 5.74) is 10.4. The van der Waals surface area contributed by atoms with E-state index in [4.69, 9.17) is 16.1 Å². The molecule has 1 saturated heterocycles. The lowest BCUT2D eigenvalue weighted by Gasteiger charge is -2.16. The lowest BCUT2D eigenvalue weighted by molar-refractivity contribution is 0.598. The average molecular weight is 503 g/mol. The zero-order chi connectivity index (χ0) is 25.3. The van der Waals surface area contributed by atoms with Crippen molar-refractivity contribution in [2.45, 2.75) is 30.1 Å². The first-order valence-electron chi connectivity index (χ1n) is 12.0. The number of aromatic nitrogens is 2. The maximum atomic E-state index is 13.3. The van der Waals surface area contributed by atoms with Gasteiger partial charge < -0.3 is 15.6 Å². The van der Waals surface area contributed by atoms with Crippen LogP contribution in [0.5, 0.6) is 0 Å². The molecule has 1 aliphatic rings. The first kappa shape index (κ1) is 24.0. The highest BCUT2D eigenvalue weighted by Gasteiger charge is 2.25. The Morgan fingerprint density at radius 3 is 2.64 bits per heavy atom. The minimum atomic E-state index is -3.75. The van der Waals surface area contributed by atoms with Crippen molar-refractivity contribution in [1.29, 1.82) is 5.41 Å². The number of nitrogen functional groups attached to an aromatic ring is 1. The molecule has 1 fully saturated rings. The van der Waals surface area contributed by atoms with Gasteiger partial charge in [-0.25, -0.2) is 13.4 Å². The number of aryl methyl sites for hydroxylation is 3. The Morgan fingerprint density at radius 1 is 1.14 bits per heavy atom. The third-order valence-electron chi connectivity index (χ3n) is 6.84. The molecular weight excluding hydrogens is 472 g/mol. The monoisotopic (exact) mass is 502 g/mol. The Hall–Kier alpha value is -3.69. The van der Waals surface area contributed by atoms with Crippen molar-refractivity contribution in [1.82, 2.24) is 14.9 Å². The van der Waals surface area contributed by atoms with Gasteiger partial charge in [0, 0.05) is 25.6 Å². The van der Waals surface area contributed by atoms with Crippen molar-refractivity contribution in [3.63, 3.8) is 0 Å². The number of benzene rings is 3.